The second kappa shape index (κ2) is 5.14. The summed E-state index contributed by atoms with van der Waals surface area (Å²) in [6.07, 6.45) is 2.05. The topological polar surface area (TPSA) is 44.5 Å². The first kappa shape index (κ1) is 10.5. The number of rotatable bonds is 4. The van der Waals surface area contributed by atoms with Crippen LogP contribution in [0.2, 0.25) is 0 Å². The average Bonchev–Trinajstić information content (AvgIpc) is 2.29. The van der Waals surface area contributed by atoms with Crippen LogP contribution in [0.4, 0.5) is 0 Å². The molecule has 0 aliphatic carbocycles. The summed E-state index contributed by atoms with van der Waals surface area (Å²) in [6, 6.07) is 8.12. The van der Waals surface area contributed by atoms with Gasteiger partial charge in [-0.05, 0) is 24.6 Å². The molecule has 1 aliphatic heterocycles. The maximum absolute atomic E-state index is 5.68. The van der Waals surface area contributed by atoms with E-state index in [0.717, 1.165) is 25.2 Å². The van der Waals surface area contributed by atoms with Crippen molar-refractivity contribution in [2.45, 2.75) is 18.9 Å². The summed E-state index contributed by atoms with van der Waals surface area (Å²) in [5.41, 5.74) is 6.65. The van der Waals surface area contributed by atoms with Crippen LogP contribution < -0.4 is 10.5 Å². The van der Waals surface area contributed by atoms with E-state index < -0.39 is 0 Å². The summed E-state index contributed by atoms with van der Waals surface area (Å²) >= 11 is 0. The molecular formula is C12H17NO2. The number of nitrogens with two attached hydrogens (primary N) is 1. The van der Waals surface area contributed by atoms with E-state index in [9.17, 15) is 0 Å². The van der Waals surface area contributed by atoms with Crippen LogP contribution in [0.25, 0.3) is 0 Å². The minimum atomic E-state index is 0.187. The lowest BCUT2D eigenvalue weighted by Crippen LogP contribution is -2.29. The first-order chi connectivity index (χ1) is 7.40. The smallest absolute Gasteiger partial charge is 0.122 e. The van der Waals surface area contributed by atoms with Crippen LogP contribution in [0.3, 0.4) is 0 Å². The molecule has 1 aromatic carbocycles. The quantitative estimate of drug-likeness (QED) is 0.758. The Morgan fingerprint density at radius 1 is 1.40 bits per heavy atom. The van der Waals surface area contributed by atoms with Gasteiger partial charge in [-0.15, -0.1) is 0 Å². The monoisotopic (exact) mass is 207 g/mol. The van der Waals surface area contributed by atoms with E-state index in [-0.39, 0.29) is 6.10 Å². The predicted octanol–water partition coefficient (Wildman–Crippen LogP) is 1.36. The van der Waals surface area contributed by atoms with Crippen LogP contribution in [0.15, 0.2) is 24.3 Å². The van der Waals surface area contributed by atoms with Gasteiger partial charge < -0.3 is 15.2 Å². The number of hydrogen-bond acceptors (Lipinski definition) is 3. The van der Waals surface area contributed by atoms with Crippen LogP contribution in [0, 0.1) is 0 Å². The Bertz CT molecular complexity index is 314. The van der Waals surface area contributed by atoms with E-state index in [1.165, 1.54) is 5.56 Å². The highest BCUT2D eigenvalue weighted by Crippen LogP contribution is 2.24. The molecule has 2 N–H and O–H groups in total. The van der Waals surface area contributed by atoms with E-state index >= 15 is 0 Å². The molecule has 0 radical (unpaired) electrons. The third-order valence-corrected chi connectivity index (χ3v) is 2.55. The zero-order chi connectivity index (χ0) is 10.5. The molecule has 1 heterocycles. The molecule has 15 heavy (non-hydrogen) atoms. The molecule has 0 saturated heterocycles. The molecule has 1 unspecified atom stereocenters. The molecule has 0 aromatic heterocycles. The van der Waals surface area contributed by atoms with Gasteiger partial charge in [0.1, 0.15) is 12.4 Å². The number of fused-ring (bicyclic) bond motifs is 1. The van der Waals surface area contributed by atoms with Gasteiger partial charge in [-0.3, -0.25) is 0 Å². The SMILES string of the molecule is NCCCOC1COc2ccccc2C1. The number of benzene rings is 1. The highest BCUT2D eigenvalue weighted by molar-refractivity contribution is 5.35. The van der Waals surface area contributed by atoms with Crippen LogP contribution in [0.1, 0.15) is 12.0 Å². The van der Waals surface area contributed by atoms with E-state index in [1.807, 2.05) is 18.2 Å². The second-order valence-corrected chi connectivity index (χ2v) is 3.76. The molecule has 0 bridgehead atoms. The summed E-state index contributed by atoms with van der Waals surface area (Å²) in [7, 11) is 0. The van der Waals surface area contributed by atoms with Gasteiger partial charge in [-0.2, -0.15) is 0 Å². The van der Waals surface area contributed by atoms with E-state index in [4.69, 9.17) is 15.2 Å². The van der Waals surface area contributed by atoms with Crippen molar-refractivity contribution in [3.05, 3.63) is 29.8 Å². The first-order valence-electron chi connectivity index (χ1n) is 5.42. The largest absolute Gasteiger partial charge is 0.491 e. The van der Waals surface area contributed by atoms with Gasteiger partial charge in [0.05, 0.1) is 6.10 Å². The Morgan fingerprint density at radius 2 is 2.27 bits per heavy atom. The number of hydrogen-bond donors (Lipinski definition) is 1. The van der Waals surface area contributed by atoms with Crippen molar-refractivity contribution in [3.63, 3.8) is 0 Å². The summed E-state index contributed by atoms with van der Waals surface area (Å²) in [5, 5.41) is 0. The van der Waals surface area contributed by atoms with Crippen molar-refractivity contribution in [1.29, 1.82) is 0 Å². The number of ether oxygens (including phenoxy) is 2. The molecule has 0 spiro atoms. The molecule has 82 valence electrons. The summed E-state index contributed by atoms with van der Waals surface area (Å²) in [5.74, 6) is 0.996. The minimum absolute atomic E-state index is 0.187. The van der Waals surface area contributed by atoms with Crippen LogP contribution in [-0.4, -0.2) is 25.9 Å². The molecule has 0 fully saturated rings. The zero-order valence-corrected chi connectivity index (χ0v) is 8.82. The summed E-state index contributed by atoms with van der Waals surface area (Å²) in [6.45, 7) is 2.07. The minimum Gasteiger partial charge on any atom is -0.491 e. The molecule has 3 heteroatoms. The lowest BCUT2D eigenvalue weighted by atomic mass is 10.0. The first-order valence-corrected chi connectivity index (χ1v) is 5.42. The van der Waals surface area contributed by atoms with Crippen LogP contribution >= 0.6 is 0 Å². The van der Waals surface area contributed by atoms with Crippen molar-refractivity contribution in [2.24, 2.45) is 5.73 Å². The normalized spacial score (nSPS) is 19.4. The molecule has 2 rings (SSSR count). The van der Waals surface area contributed by atoms with Crippen molar-refractivity contribution < 1.29 is 9.47 Å². The molecular weight excluding hydrogens is 190 g/mol. The van der Waals surface area contributed by atoms with Crippen molar-refractivity contribution in [2.75, 3.05) is 19.8 Å². The van der Waals surface area contributed by atoms with Crippen molar-refractivity contribution in [3.8, 4) is 5.75 Å². The molecule has 0 saturated carbocycles. The average molecular weight is 207 g/mol. The zero-order valence-electron chi connectivity index (χ0n) is 8.82. The Labute approximate surface area is 90.2 Å². The van der Waals surface area contributed by atoms with E-state index in [1.54, 1.807) is 0 Å². The fourth-order valence-corrected chi connectivity index (χ4v) is 1.74. The fourth-order valence-electron chi connectivity index (χ4n) is 1.74. The maximum atomic E-state index is 5.68. The highest BCUT2D eigenvalue weighted by Gasteiger charge is 2.19. The van der Waals surface area contributed by atoms with Crippen molar-refractivity contribution in [1.82, 2.24) is 0 Å². The van der Waals surface area contributed by atoms with Crippen LogP contribution in [0.5, 0.6) is 5.75 Å². The van der Waals surface area contributed by atoms with Crippen LogP contribution in [-0.2, 0) is 11.2 Å². The molecule has 3 nitrogen and oxygen atoms in total. The fraction of sp³-hybridized carbons (Fsp3) is 0.500. The standard InChI is InChI=1S/C12H17NO2/c13-6-3-7-14-11-8-10-4-1-2-5-12(10)15-9-11/h1-2,4-5,11H,3,6-9,13H2. The highest BCUT2D eigenvalue weighted by atomic mass is 16.5. The molecule has 1 aliphatic rings. The second-order valence-electron chi connectivity index (χ2n) is 3.76. The van der Waals surface area contributed by atoms with Gasteiger partial charge in [0.25, 0.3) is 0 Å². The van der Waals surface area contributed by atoms with Gasteiger partial charge in [0.15, 0.2) is 0 Å². The van der Waals surface area contributed by atoms with Crippen molar-refractivity contribution >= 4 is 0 Å². The maximum Gasteiger partial charge on any atom is 0.122 e. The van der Waals surface area contributed by atoms with Gasteiger partial charge in [-0.25, -0.2) is 0 Å². The Morgan fingerprint density at radius 3 is 3.13 bits per heavy atom. The van der Waals surface area contributed by atoms with Gasteiger partial charge in [0.2, 0.25) is 0 Å². The summed E-state index contributed by atoms with van der Waals surface area (Å²) in [4.78, 5) is 0. The summed E-state index contributed by atoms with van der Waals surface area (Å²) < 4.78 is 11.3. The van der Waals surface area contributed by atoms with Gasteiger partial charge in [-0.1, -0.05) is 18.2 Å². The predicted molar refractivity (Wildman–Crippen MR) is 59.1 cm³/mol. The lowest BCUT2D eigenvalue weighted by molar-refractivity contribution is 0.0110. The van der Waals surface area contributed by atoms with Gasteiger partial charge in [0, 0.05) is 13.0 Å². The molecule has 1 atom stereocenters. The molecule has 1 aromatic rings. The third kappa shape index (κ3) is 2.70. The van der Waals surface area contributed by atoms with E-state index in [0.29, 0.717) is 13.2 Å². The Kier molecular flexibility index (Phi) is 3.59. The molecule has 0 amide bonds. The lowest BCUT2D eigenvalue weighted by Gasteiger charge is -2.25. The number of para-hydroxylation sites is 1. The Hall–Kier alpha value is -1.06. The Balaban J connectivity index is 1.88. The van der Waals surface area contributed by atoms with Gasteiger partial charge >= 0.3 is 0 Å². The third-order valence-electron chi connectivity index (χ3n) is 2.55. The van der Waals surface area contributed by atoms with E-state index in [2.05, 4.69) is 6.07 Å².